The number of aromatic nitrogens is 1. The molecule has 3 heterocycles. The number of rotatable bonds is 6. The summed E-state index contributed by atoms with van der Waals surface area (Å²) in [6.07, 6.45) is 1.65. The van der Waals surface area contributed by atoms with Gasteiger partial charge in [0.2, 0.25) is 5.43 Å². The number of Topliss-reactive ketones (excluding diaryl/α,β-unsaturated/α-hetero) is 1. The van der Waals surface area contributed by atoms with Crippen LogP contribution in [0, 0.1) is 17.6 Å². The summed E-state index contributed by atoms with van der Waals surface area (Å²) in [5, 5.41) is 10.6. The molecule has 35 heavy (non-hydrogen) atoms. The van der Waals surface area contributed by atoms with Crippen LogP contribution in [0.4, 0.5) is 8.78 Å². The van der Waals surface area contributed by atoms with E-state index >= 15 is 0 Å². The van der Waals surface area contributed by atoms with Crippen molar-refractivity contribution in [3.63, 3.8) is 0 Å². The summed E-state index contributed by atoms with van der Waals surface area (Å²) < 4.78 is 28.6. The zero-order valence-corrected chi connectivity index (χ0v) is 19.6. The molecule has 1 N–H and O–H groups in total. The number of aryl methyl sites for hydroxylation is 1. The average Bonchev–Trinajstić information content (AvgIpc) is 2.76. The predicted octanol–water partition coefficient (Wildman–Crippen LogP) is 3.82. The van der Waals surface area contributed by atoms with Gasteiger partial charge in [-0.2, -0.15) is 0 Å². The summed E-state index contributed by atoms with van der Waals surface area (Å²) in [6.45, 7) is 8.09. The maximum absolute atomic E-state index is 13.9. The van der Waals surface area contributed by atoms with Gasteiger partial charge in [0.15, 0.2) is 17.2 Å². The second-order valence-corrected chi connectivity index (χ2v) is 9.60. The Morgan fingerprint density at radius 2 is 1.94 bits per heavy atom. The molecule has 2 aliphatic heterocycles. The molecule has 0 bridgehead atoms. The van der Waals surface area contributed by atoms with Gasteiger partial charge in [0.05, 0.1) is 12.1 Å². The minimum atomic E-state index is -0.911. The van der Waals surface area contributed by atoms with Crippen molar-refractivity contribution in [2.24, 2.45) is 5.92 Å². The van der Waals surface area contributed by atoms with Gasteiger partial charge < -0.3 is 14.6 Å². The van der Waals surface area contributed by atoms with E-state index in [1.807, 2.05) is 6.92 Å². The van der Waals surface area contributed by atoms with E-state index in [4.69, 9.17) is 0 Å². The van der Waals surface area contributed by atoms with Crippen molar-refractivity contribution in [2.45, 2.75) is 66.2 Å². The molecular formula is C26H33F2N3O4. The number of aromatic hydroxyl groups is 1. The van der Waals surface area contributed by atoms with Gasteiger partial charge in [-0.1, -0.05) is 27.3 Å². The van der Waals surface area contributed by atoms with Crippen LogP contribution in [0.1, 0.15) is 67.4 Å². The normalized spacial score (nSPS) is 19.8. The first-order chi connectivity index (χ1) is 16.1. The molecule has 2 aromatic rings. The Morgan fingerprint density at radius 3 is 2.60 bits per heavy atom. The van der Waals surface area contributed by atoms with Crippen molar-refractivity contribution in [3.8, 4) is 5.75 Å². The van der Waals surface area contributed by atoms with E-state index in [1.165, 1.54) is 16.8 Å². The summed E-state index contributed by atoms with van der Waals surface area (Å²) in [6, 6.07) is 3.06. The van der Waals surface area contributed by atoms with Crippen molar-refractivity contribution < 1.29 is 23.5 Å². The smallest absolute Gasteiger partial charge is 0.276 e. The van der Waals surface area contributed by atoms with Crippen LogP contribution in [0.25, 0.3) is 0 Å². The number of fused-ring (bicyclic) bond motifs is 2. The van der Waals surface area contributed by atoms with Crippen LogP contribution in [-0.4, -0.2) is 56.5 Å². The zero-order valence-electron chi connectivity index (χ0n) is 19.6. The lowest BCUT2D eigenvalue weighted by Gasteiger charge is -2.50. The van der Waals surface area contributed by atoms with Crippen molar-refractivity contribution in [1.29, 1.82) is 0 Å². The lowest BCUT2D eigenvalue weighted by atomic mass is 9.99. The topological polar surface area (TPSA) is 82.8 Å². The number of hydrogen-bond donors (Lipinski definition) is 1. The van der Waals surface area contributed by atoms with Crippen LogP contribution in [0.2, 0.25) is 0 Å². The van der Waals surface area contributed by atoms with Gasteiger partial charge in [-0.3, -0.25) is 19.3 Å². The fourth-order valence-electron chi connectivity index (χ4n) is 4.95. The Labute approximate surface area is 204 Å². The molecule has 4 rings (SSSR count). The fraction of sp³-hybridized carbons (Fsp3) is 0.500. The first kappa shape index (κ1) is 26.5. The molecule has 1 aromatic heterocycles. The first-order valence-corrected chi connectivity index (χ1v) is 11.6. The van der Waals surface area contributed by atoms with Crippen molar-refractivity contribution >= 4 is 11.7 Å². The number of pyridine rings is 1. The molecule has 1 fully saturated rings. The molecule has 1 aromatic carbocycles. The summed E-state index contributed by atoms with van der Waals surface area (Å²) in [5.74, 6) is -2.84. The van der Waals surface area contributed by atoms with Gasteiger partial charge in [0.25, 0.3) is 5.91 Å². The van der Waals surface area contributed by atoms with Crippen LogP contribution in [0.5, 0.6) is 5.75 Å². The van der Waals surface area contributed by atoms with Gasteiger partial charge in [-0.05, 0) is 37.3 Å². The number of carbonyl (C=O) groups excluding carboxylic acids is 2. The lowest BCUT2D eigenvalue weighted by molar-refractivity contribution is -0.0366. The third-order valence-corrected chi connectivity index (χ3v) is 6.64. The van der Waals surface area contributed by atoms with Crippen LogP contribution >= 0.6 is 0 Å². The molecule has 0 spiro atoms. The quantitative estimate of drug-likeness (QED) is 0.624. The summed E-state index contributed by atoms with van der Waals surface area (Å²) in [5.41, 5.74) is -1.11. The van der Waals surface area contributed by atoms with Crippen LogP contribution in [-0.2, 0) is 13.0 Å². The van der Waals surface area contributed by atoms with E-state index in [9.17, 15) is 28.3 Å². The summed E-state index contributed by atoms with van der Waals surface area (Å²) in [4.78, 5) is 43.0. The highest BCUT2D eigenvalue weighted by atomic mass is 19.1. The van der Waals surface area contributed by atoms with E-state index in [-0.39, 0.29) is 49.3 Å². The van der Waals surface area contributed by atoms with E-state index in [0.717, 1.165) is 31.6 Å². The molecular weight excluding hydrogens is 456 g/mol. The van der Waals surface area contributed by atoms with Crippen molar-refractivity contribution in [2.75, 3.05) is 13.1 Å². The third-order valence-electron chi connectivity index (χ3n) is 6.64. The standard InChI is InChI=1S/C25H29F2N3O4.CH4/c1-14(2)11-28-9-8-15(3)30-21(28)13-29-12-18(23(32)24(33)22(29)25(30)34)20(31)7-5-16-4-6-17(26)10-19(16)27;/h4,6,10,12,14-15,21,33H,5,7-9,11,13H2,1-3H3;1H4/t15-,21-;/m0./s1. The molecule has 2 aliphatic rings. The van der Waals surface area contributed by atoms with E-state index in [1.54, 1.807) is 4.90 Å². The minimum absolute atomic E-state index is 0. The molecule has 1 amide bonds. The number of amides is 1. The number of carbonyl (C=O) groups is 2. The third kappa shape index (κ3) is 5.00. The number of hydrogen-bond acceptors (Lipinski definition) is 5. The molecule has 9 heteroatoms. The Bertz CT molecular complexity index is 1190. The van der Waals surface area contributed by atoms with Gasteiger partial charge in [0.1, 0.15) is 17.8 Å². The van der Waals surface area contributed by atoms with E-state index in [2.05, 4.69) is 18.7 Å². The monoisotopic (exact) mass is 489 g/mol. The number of ketones is 1. The molecule has 0 radical (unpaired) electrons. The van der Waals surface area contributed by atoms with E-state index < -0.39 is 34.5 Å². The second kappa shape index (κ2) is 10.3. The molecule has 7 nitrogen and oxygen atoms in total. The van der Waals surface area contributed by atoms with Gasteiger partial charge in [-0.15, -0.1) is 0 Å². The minimum Gasteiger partial charge on any atom is -0.503 e. The molecule has 0 aliphatic carbocycles. The number of benzene rings is 1. The van der Waals surface area contributed by atoms with Gasteiger partial charge in [0, 0.05) is 37.8 Å². The maximum atomic E-state index is 13.9. The largest absolute Gasteiger partial charge is 0.503 e. The maximum Gasteiger partial charge on any atom is 0.276 e. The highest BCUT2D eigenvalue weighted by Crippen LogP contribution is 2.31. The number of halogens is 2. The molecule has 0 saturated carbocycles. The zero-order chi connectivity index (χ0) is 24.7. The van der Waals surface area contributed by atoms with Crippen molar-refractivity contribution in [1.82, 2.24) is 14.4 Å². The molecule has 0 unspecified atom stereocenters. The first-order valence-electron chi connectivity index (χ1n) is 11.6. The average molecular weight is 490 g/mol. The van der Waals surface area contributed by atoms with E-state index in [0.29, 0.717) is 12.5 Å². The van der Waals surface area contributed by atoms with Gasteiger partial charge in [-0.25, -0.2) is 8.78 Å². The second-order valence-electron chi connectivity index (χ2n) is 9.60. The molecule has 1 saturated heterocycles. The highest BCUT2D eigenvalue weighted by Gasteiger charge is 2.43. The lowest BCUT2D eigenvalue weighted by Crippen LogP contribution is -2.64. The Hall–Kier alpha value is -3.07. The molecule has 190 valence electrons. The predicted molar refractivity (Wildman–Crippen MR) is 129 cm³/mol. The highest BCUT2D eigenvalue weighted by molar-refractivity contribution is 6.00. The summed E-state index contributed by atoms with van der Waals surface area (Å²) in [7, 11) is 0. The van der Waals surface area contributed by atoms with Crippen LogP contribution in [0.3, 0.4) is 0 Å². The summed E-state index contributed by atoms with van der Waals surface area (Å²) >= 11 is 0. The Morgan fingerprint density at radius 1 is 1.23 bits per heavy atom. The van der Waals surface area contributed by atoms with Crippen LogP contribution in [0.15, 0.2) is 29.2 Å². The fourth-order valence-corrected chi connectivity index (χ4v) is 4.95. The van der Waals surface area contributed by atoms with Crippen molar-refractivity contribution in [3.05, 3.63) is 63.1 Å². The molecule has 2 atom stereocenters. The Balaban J connectivity index is 0.00000342. The Kier molecular flexibility index (Phi) is 7.79. The van der Waals surface area contributed by atoms with Gasteiger partial charge >= 0.3 is 0 Å². The number of nitrogens with zero attached hydrogens (tertiary/aromatic N) is 3. The SMILES string of the molecule is C.CC(C)CN1CC[C@H](C)N2C(=O)c3c(O)c(=O)c(C(=O)CCc4ccc(F)cc4F)cn3C[C@@H]12. The van der Waals surface area contributed by atoms with Crippen LogP contribution < -0.4 is 5.43 Å².